The molecule has 0 spiro atoms. The number of hydrogen-bond acceptors (Lipinski definition) is 6. The summed E-state index contributed by atoms with van der Waals surface area (Å²) in [4.78, 5) is 22.4. The molecular weight excluding hydrogens is 316 g/mol. The molecule has 0 aliphatic heterocycles. The molecule has 0 fully saturated rings. The number of rotatable bonds is 4. The number of fused-ring (bicyclic) bond motifs is 1. The number of para-hydroxylation sites is 4. The second-order valence-corrected chi connectivity index (χ2v) is 4.98. The van der Waals surface area contributed by atoms with Crippen molar-refractivity contribution in [2.75, 3.05) is 5.32 Å². The zero-order chi connectivity index (χ0) is 17.3. The fourth-order valence-corrected chi connectivity index (χ4v) is 2.36. The maximum atomic E-state index is 12.4. The van der Waals surface area contributed by atoms with Crippen molar-refractivity contribution in [3.05, 3.63) is 80.7 Å². The van der Waals surface area contributed by atoms with E-state index in [1.807, 2.05) is 0 Å². The molecule has 1 unspecified atom stereocenters. The van der Waals surface area contributed by atoms with Crippen LogP contribution in [0.2, 0.25) is 0 Å². The maximum absolute atomic E-state index is 12.4. The highest BCUT2D eigenvalue weighted by atomic mass is 16.6. The Morgan fingerprint density at radius 2 is 1.83 bits per heavy atom. The van der Waals surface area contributed by atoms with Crippen molar-refractivity contribution in [1.82, 2.24) is 4.73 Å². The first-order valence-corrected chi connectivity index (χ1v) is 6.91. The van der Waals surface area contributed by atoms with E-state index in [1.54, 1.807) is 18.2 Å². The first-order chi connectivity index (χ1) is 11.5. The summed E-state index contributed by atoms with van der Waals surface area (Å²) in [6, 6.07) is 11.8. The van der Waals surface area contributed by atoms with Crippen molar-refractivity contribution in [2.45, 2.75) is 6.23 Å². The smallest absolute Gasteiger partial charge is 0.292 e. The van der Waals surface area contributed by atoms with E-state index in [-0.39, 0.29) is 28.1 Å². The quantitative estimate of drug-likeness (QED) is 0.326. The molecule has 0 saturated carbocycles. The lowest BCUT2D eigenvalue weighted by molar-refractivity contribution is -0.465. The van der Waals surface area contributed by atoms with Crippen LogP contribution in [0.5, 0.6) is 0 Å². The van der Waals surface area contributed by atoms with Gasteiger partial charge in [0.2, 0.25) is 0 Å². The fourth-order valence-electron chi connectivity index (χ4n) is 2.36. The van der Waals surface area contributed by atoms with Crippen molar-refractivity contribution in [2.24, 2.45) is 0 Å². The van der Waals surface area contributed by atoms with Crippen LogP contribution in [-0.2, 0) is 0 Å². The van der Waals surface area contributed by atoms with Crippen molar-refractivity contribution in [3.8, 4) is 0 Å². The summed E-state index contributed by atoms with van der Waals surface area (Å²) in [7, 11) is 0. The molecule has 122 valence electrons. The van der Waals surface area contributed by atoms with Gasteiger partial charge in [-0.05, 0) is 12.1 Å². The van der Waals surface area contributed by atoms with Crippen LogP contribution < -0.4 is 9.74 Å². The molecule has 3 aromatic rings. The van der Waals surface area contributed by atoms with E-state index >= 15 is 0 Å². The third-order valence-corrected chi connectivity index (χ3v) is 3.50. The highest BCUT2D eigenvalue weighted by Gasteiger charge is 2.21. The molecular formula is C15H12N4O5. The molecule has 1 heterocycles. The largest absolute Gasteiger partial charge is 0.805 e. The number of hydrogen-bond donors (Lipinski definition) is 2. The molecule has 2 aromatic carbocycles. The van der Waals surface area contributed by atoms with E-state index in [0.29, 0.717) is 9.16 Å². The molecule has 2 N–H and O–H groups in total. The molecule has 0 saturated heterocycles. The molecule has 1 aromatic heterocycles. The standard InChI is InChI=1S/C15H12N4O5/c20-15(16-10-5-1-2-6-11(10)19(23)24)14-9-17(21)12-7-3-4-8-13(12)18(14)22/h1-9,15-16,20H. The van der Waals surface area contributed by atoms with Crippen LogP contribution in [0.25, 0.3) is 11.0 Å². The Labute approximate surface area is 134 Å². The van der Waals surface area contributed by atoms with Crippen LogP contribution in [0.15, 0.2) is 54.7 Å². The van der Waals surface area contributed by atoms with Gasteiger partial charge in [0.1, 0.15) is 16.9 Å². The van der Waals surface area contributed by atoms with Crippen molar-refractivity contribution in [1.29, 1.82) is 0 Å². The summed E-state index contributed by atoms with van der Waals surface area (Å²) in [6.45, 7) is 0. The SMILES string of the molecule is O=[N+]([O-])c1ccccc1NC(O)c1c[n+](=O)c2ccccc2n1[O-]. The lowest BCUT2D eigenvalue weighted by Crippen LogP contribution is -2.24. The topological polar surface area (TPSA) is 126 Å². The fraction of sp³-hybridized carbons (Fsp3) is 0.0667. The van der Waals surface area contributed by atoms with Gasteiger partial charge in [-0.3, -0.25) is 10.1 Å². The maximum Gasteiger partial charge on any atom is 0.292 e. The van der Waals surface area contributed by atoms with E-state index in [9.17, 15) is 25.3 Å². The van der Waals surface area contributed by atoms with Gasteiger partial charge in [-0.2, -0.15) is 0 Å². The van der Waals surface area contributed by atoms with Crippen LogP contribution in [0.1, 0.15) is 11.9 Å². The molecule has 0 aliphatic carbocycles. The van der Waals surface area contributed by atoms with Gasteiger partial charge in [0, 0.05) is 17.0 Å². The Morgan fingerprint density at radius 3 is 2.58 bits per heavy atom. The van der Waals surface area contributed by atoms with Gasteiger partial charge in [-0.15, -0.1) is 0 Å². The minimum Gasteiger partial charge on any atom is -0.805 e. The van der Waals surface area contributed by atoms with Gasteiger partial charge in [0.15, 0.2) is 6.23 Å². The van der Waals surface area contributed by atoms with Crippen molar-refractivity contribution >= 4 is 22.4 Å². The Balaban J connectivity index is 2.04. The van der Waals surface area contributed by atoms with Crippen molar-refractivity contribution < 1.29 is 14.5 Å². The summed E-state index contributed by atoms with van der Waals surface area (Å²) in [5.74, 6) is 0. The highest BCUT2D eigenvalue weighted by Crippen LogP contribution is 2.27. The number of aliphatic hydroxyl groups is 1. The molecule has 1 atom stereocenters. The van der Waals surface area contributed by atoms with Gasteiger partial charge in [-0.1, -0.05) is 24.3 Å². The number of aliphatic hydroxyl groups excluding tert-OH is 1. The van der Waals surface area contributed by atoms with Crippen LogP contribution in [0.3, 0.4) is 0 Å². The second-order valence-electron chi connectivity index (χ2n) is 4.98. The van der Waals surface area contributed by atoms with Gasteiger partial charge in [0.25, 0.3) is 17.4 Å². The number of nitro benzene ring substituents is 1. The normalized spacial score (nSPS) is 12.0. The molecule has 0 radical (unpaired) electrons. The van der Waals surface area contributed by atoms with Crippen LogP contribution in [0.4, 0.5) is 11.4 Å². The Morgan fingerprint density at radius 1 is 1.17 bits per heavy atom. The molecule has 3 rings (SSSR count). The van der Waals surface area contributed by atoms with Gasteiger partial charge in [-0.25, -0.2) is 0 Å². The lowest BCUT2D eigenvalue weighted by Gasteiger charge is -2.21. The van der Waals surface area contributed by atoms with Crippen LogP contribution in [-0.4, -0.2) is 14.8 Å². The molecule has 24 heavy (non-hydrogen) atoms. The first-order valence-electron chi connectivity index (χ1n) is 6.91. The lowest BCUT2D eigenvalue weighted by atomic mass is 10.2. The van der Waals surface area contributed by atoms with E-state index in [1.165, 1.54) is 30.3 Å². The predicted octanol–water partition coefficient (Wildman–Crippen LogP) is 1.91. The second kappa shape index (κ2) is 5.97. The number of aromatic nitrogens is 2. The summed E-state index contributed by atoms with van der Waals surface area (Å²) >= 11 is 0. The summed E-state index contributed by atoms with van der Waals surface area (Å²) in [5, 5.41) is 36.1. The number of nitrogens with one attached hydrogen (secondary N) is 1. The Kier molecular flexibility index (Phi) is 3.84. The monoisotopic (exact) mass is 328 g/mol. The average molecular weight is 328 g/mol. The third-order valence-electron chi connectivity index (χ3n) is 3.50. The van der Waals surface area contributed by atoms with E-state index < -0.39 is 11.2 Å². The number of anilines is 1. The first kappa shape index (κ1) is 15.4. The summed E-state index contributed by atoms with van der Waals surface area (Å²) in [5.41, 5.74) is -0.283. The molecule has 0 amide bonds. The van der Waals surface area contributed by atoms with Gasteiger partial charge >= 0.3 is 0 Å². The number of benzene rings is 2. The van der Waals surface area contributed by atoms with E-state index in [4.69, 9.17) is 0 Å². The summed E-state index contributed by atoms with van der Waals surface area (Å²) < 4.78 is 0.875. The Bertz CT molecular complexity index is 985. The van der Waals surface area contributed by atoms with Crippen LogP contribution >= 0.6 is 0 Å². The zero-order valence-electron chi connectivity index (χ0n) is 12.2. The predicted molar refractivity (Wildman–Crippen MR) is 85.7 cm³/mol. The summed E-state index contributed by atoms with van der Waals surface area (Å²) in [6.07, 6.45) is -0.671. The molecule has 9 nitrogen and oxygen atoms in total. The highest BCUT2D eigenvalue weighted by molar-refractivity contribution is 5.72. The van der Waals surface area contributed by atoms with Gasteiger partial charge < -0.3 is 20.4 Å². The number of nitro groups is 1. The molecule has 9 heteroatoms. The molecule has 0 aliphatic rings. The zero-order valence-corrected chi connectivity index (χ0v) is 12.2. The number of nitrogens with zero attached hydrogens (tertiary/aromatic N) is 3. The van der Waals surface area contributed by atoms with E-state index in [2.05, 4.69) is 5.32 Å². The molecule has 0 bridgehead atoms. The average Bonchev–Trinajstić information content (AvgIpc) is 2.58. The van der Waals surface area contributed by atoms with Crippen molar-refractivity contribution in [3.63, 3.8) is 0 Å². The minimum absolute atomic E-state index is 0.0283. The Hall–Kier alpha value is -3.46. The van der Waals surface area contributed by atoms with Crippen LogP contribution in [0, 0.1) is 20.2 Å². The van der Waals surface area contributed by atoms with Gasteiger partial charge in [0.05, 0.1) is 9.35 Å². The minimum atomic E-state index is -1.60. The van der Waals surface area contributed by atoms with E-state index in [0.717, 1.165) is 6.20 Å². The third kappa shape index (κ3) is 2.63.